The van der Waals surface area contributed by atoms with Gasteiger partial charge >= 0.3 is 5.97 Å². The van der Waals surface area contributed by atoms with Crippen molar-refractivity contribution in [3.05, 3.63) is 0 Å². The maximum absolute atomic E-state index is 11.9. The van der Waals surface area contributed by atoms with Crippen LogP contribution in [-0.4, -0.2) is 35.0 Å². The van der Waals surface area contributed by atoms with Crippen LogP contribution in [0.1, 0.15) is 47.0 Å². The third-order valence-electron chi connectivity index (χ3n) is 3.78. The van der Waals surface area contributed by atoms with E-state index in [9.17, 15) is 14.7 Å². The standard InChI is InChI=1S/C14H25NO3/c1-10(2)9-14(13(17)18)5-7-15(8-6-14)12(16)11(3)4/h10-11H,5-9H2,1-4H3,(H,17,18). The van der Waals surface area contributed by atoms with E-state index in [1.165, 1.54) is 0 Å². The van der Waals surface area contributed by atoms with Gasteiger partial charge in [-0.3, -0.25) is 9.59 Å². The number of amides is 1. The largest absolute Gasteiger partial charge is 0.481 e. The Bertz CT molecular complexity index is 315. The highest BCUT2D eigenvalue weighted by Crippen LogP contribution is 2.38. The highest BCUT2D eigenvalue weighted by molar-refractivity contribution is 5.79. The summed E-state index contributed by atoms with van der Waals surface area (Å²) in [7, 11) is 0. The monoisotopic (exact) mass is 255 g/mol. The van der Waals surface area contributed by atoms with Gasteiger partial charge in [0, 0.05) is 19.0 Å². The van der Waals surface area contributed by atoms with Crippen molar-refractivity contribution in [3.63, 3.8) is 0 Å². The molecule has 0 aromatic carbocycles. The number of hydrogen-bond acceptors (Lipinski definition) is 2. The van der Waals surface area contributed by atoms with E-state index in [2.05, 4.69) is 13.8 Å². The van der Waals surface area contributed by atoms with Gasteiger partial charge in [0.1, 0.15) is 0 Å². The Morgan fingerprint density at radius 2 is 1.67 bits per heavy atom. The van der Waals surface area contributed by atoms with E-state index in [1.807, 2.05) is 18.7 Å². The number of piperidine rings is 1. The molecule has 1 saturated heterocycles. The summed E-state index contributed by atoms with van der Waals surface area (Å²) < 4.78 is 0. The summed E-state index contributed by atoms with van der Waals surface area (Å²) >= 11 is 0. The van der Waals surface area contributed by atoms with Gasteiger partial charge in [0.25, 0.3) is 0 Å². The highest BCUT2D eigenvalue weighted by Gasteiger charge is 2.42. The van der Waals surface area contributed by atoms with Gasteiger partial charge in [-0.1, -0.05) is 27.7 Å². The summed E-state index contributed by atoms with van der Waals surface area (Å²) in [5.74, 6) is -0.202. The van der Waals surface area contributed by atoms with Crippen molar-refractivity contribution in [1.82, 2.24) is 4.90 Å². The molecule has 0 aliphatic carbocycles. The Kier molecular flexibility index (Phi) is 4.77. The Morgan fingerprint density at radius 1 is 1.17 bits per heavy atom. The number of nitrogens with zero attached hydrogens (tertiary/aromatic N) is 1. The molecule has 0 bridgehead atoms. The van der Waals surface area contributed by atoms with Gasteiger partial charge in [-0.25, -0.2) is 0 Å². The van der Waals surface area contributed by atoms with Crippen LogP contribution < -0.4 is 0 Å². The van der Waals surface area contributed by atoms with E-state index in [0.717, 1.165) is 0 Å². The number of carboxylic acid groups (broad SMARTS) is 1. The molecule has 0 aromatic rings. The van der Waals surface area contributed by atoms with Crippen molar-refractivity contribution in [2.75, 3.05) is 13.1 Å². The molecule has 1 heterocycles. The Labute approximate surface area is 109 Å². The molecule has 1 aliphatic heterocycles. The lowest BCUT2D eigenvalue weighted by atomic mass is 9.72. The van der Waals surface area contributed by atoms with E-state index in [4.69, 9.17) is 0 Å². The molecule has 1 fully saturated rings. The van der Waals surface area contributed by atoms with Crippen molar-refractivity contribution in [2.45, 2.75) is 47.0 Å². The zero-order valence-electron chi connectivity index (χ0n) is 11.9. The molecule has 1 N–H and O–H groups in total. The fraction of sp³-hybridized carbons (Fsp3) is 0.857. The number of aliphatic carboxylic acids is 1. The fourth-order valence-corrected chi connectivity index (χ4v) is 2.81. The number of likely N-dealkylation sites (tertiary alicyclic amines) is 1. The smallest absolute Gasteiger partial charge is 0.309 e. The average Bonchev–Trinajstić information content (AvgIpc) is 2.27. The first-order chi connectivity index (χ1) is 8.28. The molecule has 1 aliphatic rings. The molecule has 4 nitrogen and oxygen atoms in total. The zero-order chi connectivity index (χ0) is 13.9. The average molecular weight is 255 g/mol. The van der Waals surface area contributed by atoms with Crippen LogP contribution in [-0.2, 0) is 9.59 Å². The molecule has 104 valence electrons. The molecule has 0 atom stereocenters. The second kappa shape index (κ2) is 5.72. The molecule has 0 radical (unpaired) electrons. The van der Waals surface area contributed by atoms with Crippen LogP contribution in [0.25, 0.3) is 0 Å². The highest BCUT2D eigenvalue weighted by atomic mass is 16.4. The van der Waals surface area contributed by atoms with Gasteiger partial charge in [-0.05, 0) is 25.2 Å². The summed E-state index contributed by atoms with van der Waals surface area (Å²) in [4.78, 5) is 25.2. The van der Waals surface area contributed by atoms with Crippen molar-refractivity contribution >= 4 is 11.9 Å². The van der Waals surface area contributed by atoms with Crippen LogP contribution in [0.3, 0.4) is 0 Å². The first-order valence-corrected chi connectivity index (χ1v) is 6.80. The predicted molar refractivity (Wildman–Crippen MR) is 70.2 cm³/mol. The van der Waals surface area contributed by atoms with E-state index in [0.29, 0.717) is 38.3 Å². The SMILES string of the molecule is CC(C)CC1(C(=O)O)CCN(C(=O)C(C)C)CC1. The minimum absolute atomic E-state index is 0.00701. The molecule has 1 rings (SSSR count). The van der Waals surface area contributed by atoms with Gasteiger partial charge in [0.2, 0.25) is 5.91 Å². The Hall–Kier alpha value is -1.06. The molecule has 0 unspecified atom stereocenters. The summed E-state index contributed by atoms with van der Waals surface area (Å²) in [6, 6.07) is 0. The summed E-state index contributed by atoms with van der Waals surface area (Å²) in [6.45, 7) is 9.03. The number of rotatable bonds is 4. The first-order valence-electron chi connectivity index (χ1n) is 6.80. The third-order valence-corrected chi connectivity index (χ3v) is 3.78. The predicted octanol–water partition coefficient (Wildman–Crippen LogP) is 2.38. The van der Waals surface area contributed by atoms with E-state index >= 15 is 0 Å². The lowest BCUT2D eigenvalue weighted by molar-refractivity contribution is -0.156. The lowest BCUT2D eigenvalue weighted by Gasteiger charge is -2.40. The number of hydrogen-bond donors (Lipinski definition) is 1. The van der Waals surface area contributed by atoms with Gasteiger partial charge < -0.3 is 10.0 Å². The van der Waals surface area contributed by atoms with Crippen LogP contribution in [0.2, 0.25) is 0 Å². The van der Waals surface area contributed by atoms with E-state index in [1.54, 1.807) is 0 Å². The van der Waals surface area contributed by atoms with Gasteiger partial charge in [0.15, 0.2) is 0 Å². The zero-order valence-corrected chi connectivity index (χ0v) is 11.9. The molecule has 0 spiro atoms. The van der Waals surface area contributed by atoms with Gasteiger partial charge in [0.05, 0.1) is 5.41 Å². The maximum Gasteiger partial charge on any atom is 0.309 e. The molecule has 4 heteroatoms. The molecule has 0 saturated carbocycles. The number of carboxylic acids is 1. The van der Waals surface area contributed by atoms with Gasteiger partial charge in [-0.2, -0.15) is 0 Å². The Morgan fingerprint density at radius 3 is 2.00 bits per heavy atom. The molecular formula is C14H25NO3. The fourth-order valence-electron chi connectivity index (χ4n) is 2.81. The molecule has 0 aromatic heterocycles. The minimum Gasteiger partial charge on any atom is -0.481 e. The first kappa shape index (κ1) is 15.0. The molecule has 1 amide bonds. The van der Waals surface area contributed by atoms with Crippen molar-refractivity contribution in [1.29, 1.82) is 0 Å². The molecule has 18 heavy (non-hydrogen) atoms. The minimum atomic E-state index is -0.701. The van der Waals surface area contributed by atoms with Gasteiger partial charge in [-0.15, -0.1) is 0 Å². The normalized spacial score (nSPS) is 19.3. The van der Waals surface area contributed by atoms with E-state index < -0.39 is 11.4 Å². The second-order valence-corrected chi connectivity index (χ2v) is 6.16. The van der Waals surface area contributed by atoms with Crippen LogP contribution in [0.4, 0.5) is 0 Å². The lowest BCUT2D eigenvalue weighted by Crippen LogP contribution is -2.48. The molecular weight excluding hydrogens is 230 g/mol. The quantitative estimate of drug-likeness (QED) is 0.839. The topological polar surface area (TPSA) is 57.6 Å². The third kappa shape index (κ3) is 3.24. The van der Waals surface area contributed by atoms with Crippen LogP contribution >= 0.6 is 0 Å². The van der Waals surface area contributed by atoms with Crippen LogP contribution in [0.5, 0.6) is 0 Å². The van der Waals surface area contributed by atoms with Crippen molar-refractivity contribution < 1.29 is 14.7 Å². The Balaban J connectivity index is 2.69. The van der Waals surface area contributed by atoms with Crippen molar-refractivity contribution in [3.8, 4) is 0 Å². The summed E-state index contributed by atoms with van der Waals surface area (Å²) in [5, 5.41) is 9.47. The number of carbonyl (C=O) groups excluding carboxylic acids is 1. The maximum atomic E-state index is 11.9. The van der Waals surface area contributed by atoms with Crippen LogP contribution in [0.15, 0.2) is 0 Å². The van der Waals surface area contributed by atoms with Crippen molar-refractivity contribution in [2.24, 2.45) is 17.3 Å². The summed E-state index contributed by atoms with van der Waals surface area (Å²) in [5.41, 5.74) is -0.623. The number of carbonyl (C=O) groups is 2. The van der Waals surface area contributed by atoms with Crippen LogP contribution in [0, 0.1) is 17.3 Å². The van der Waals surface area contributed by atoms with E-state index in [-0.39, 0.29) is 11.8 Å². The summed E-state index contributed by atoms with van der Waals surface area (Å²) in [6.07, 6.45) is 1.87. The second-order valence-electron chi connectivity index (χ2n) is 6.16.